The number of benzene rings is 1. The molecule has 3 nitrogen and oxygen atoms in total. The van der Waals surface area contributed by atoms with Gasteiger partial charge in [0.2, 0.25) is 0 Å². The largest absolute Gasteiger partial charge is 0.378 e. The summed E-state index contributed by atoms with van der Waals surface area (Å²) >= 11 is 0. The zero-order chi connectivity index (χ0) is 14.8. The monoisotopic (exact) mass is 274 g/mol. The topological polar surface area (TPSA) is 59.0 Å². The molecule has 0 saturated heterocycles. The van der Waals surface area contributed by atoms with Crippen LogP contribution in [0, 0.1) is 17.2 Å². The van der Waals surface area contributed by atoms with Gasteiger partial charge in [0.05, 0.1) is 12.7 Å². The summed E-state index contributed by atoms with van der Waals surface area (Å²) < 4.78 is 5.75. The van der Waals surface area contributed by atoms with Gasteiger partial charge in [0, 0.05) is 6.61 Å². The lowest BCUT2D eigenvalue weighted by atomic mass is 9.93. The van der Waals surface area contributed by atoms with Crippen LogP contribution in [0.15, 0.2) is 30.3 Å². The van der Waals surface area contributed by atoms with Crippen molar-refractivity contribution in [3.8, 4) is 6.07 Å². The van der Waals surface area contributed by atoms with E-state index in [0.717, 1.165) is 12.0 Å². The fourth-order valence-corrected chi connectivity index (χ4v) is 2.20. The standard InChI is InChI=1S/C17H26N2O/c1-3-5-9-15(4-2)12-20-14-17(19,13-18)16-10-7-6-8-11-16/h6-8,10-11,15H,3-5,9,12,14,19H2,1-2H3. The van der Waals surface area contributed by atoms with E-state index in [4.69, 9.17) is 10.5 Å². The molecule has 0 amide bonds. The highest BCUT2D eigenvalue weighted by molar-refractivity contribution is 5.30. The van der Waals surface area contributed by atoms with E-state index in [2.05, 4.69) is 19.9 Å². The van der Waals surface area contributed by atoms with Crippen molar-refractivity contribution in [3.63, 3.8) is 0 Å². The normalized spacial score (nSPS) is 15.3. The second-order valence-electron chi connectivity index (χ2n) is 5.38. The van der Waals surface area contributed by atoms with Crippen LogP contribution in [0.25, 0.3) is 0 Å². The first-order valence-electron chi connectivity index (χ1n) is 7.49. The minimum absolute atomic E-state index is 0.246. The van der Waals surface area contributed by atoms with Gasteiger partial charge in [-0.1, -0.05) is 63.4 Å². The summed E-state index contributed by atoms with van der Waals surface area (Å²) in [5.41, 5.74) is 5.92. The Morgan fingerprint density at radius 2 is 2.00 bits per heavy atom. The van der Waals surface area contributed by atoms with Gasteiger partial charge in [-0.15, -0.1) is 0 Å². The van der Waals surface area contributed by atoms with Gasteiger partial charge in [-0.2, -0.15) is 5.26 Å². The first-order chi connectivity index (χ1) is 9.66. The third kappa shape index (κ3) is 4.96. The van der Waals surface area contributed by atoms with Gasteiger partial charge in [0.15, 0.2) is 5.54 Å². The second kappa shape index (κ2) is 8.73. The lowest BCUT2D eigenvalue weighted by molar-refractivity contribution is 0.0691. The predicted octanol–water partition coefficient (Wildman–Crippen LogP) is 3.60. The van der Waals surface area contributed by atoms with E-state index >= 15 is 0 Å². The molecule has 0 radical (unpaired) electrons. The van der Waals surface area contributed by atoms with E-state index < -0.39 is 5.54 Å². The van der Waals surface area contributed by atoms with Crippen molar-refractivity contribution in [2.45, 2.75) is 45.1 Å². The summed E-state index contributed by atoms with van der Waals surface area (Å²) in [6.45, 7) is 5.31. The van der Waals surface area contributed by atoms with Crippen molar-refractivity contribution in [1.82, 2.24) is 0 Å². The fraction of sp³-hybridized carbons (Fsp3) is 0.588. The van der Waals surface area contributed by atoms with E-state index in [-0.39, 0.29) is 6.61 Å². The molecular weight excluding hydrogens is 248 g/mol. The van der Waals surface area contributed by atoms with Gasteiger partial charge in [0.25, 0.3) is 0 Å². The van der Waals surface area contributed by atoms with Crippen LogP contribution in [-0.4, -0.2) is 13.2 Å². The molecule has 1 aromatic carbocycles. The average molecular weight is 274 g/mol. The average Bonchev–Trinajstić information content (AvgIpc) is 2.51. The molecule has 0 aliphatic carbocycles. The molecule has 0 aliphatic rings. The number of nitrogens with two attached hydrogens (primary N) is 1. The van der Waals surface area contributed by atoms with Crippen molar-refractivity contribution in [2.75, 3.05) is 13.2 Å². The van der Waals surface area contributed by atoms with Crippen LogP contribution in [-0.2, 0) is 10.3 Å². The predicted molar refractivity (Wildman–Crippen MR) is 82.0 cm³/mol. The molecule has 0 fully saturated rings. The molecule has 0 heterocycles. The lowest BCUT2D eigenvalue weighted by Crippen LogP contribution is -2.40. The van der Waals surface area contributed by atoms with Crippen LogP contribution in [0.5, 0.6) is 0 Å². The highest BCUT2D eigenvalue weighted by Crippen LogP contribution is 2.19. The summed E-state index contributed by atoms with van der Waals surface area (Å²) in [4.78, 5) is 0. The first kappa shape index (κ1) is 16.7. The quantitative estimate of drug-likeness (QED) is 0.748. The summed E-state index contributed by atoms with van der Waals surface area (Å²) in [5.74, 6) is 0.564. The van der Waals surface area contributed by atoms with Gasteiger partial charge >= 0.3 is 0 Å². The van der Waals surface area contributed by atoms with Crippen molar-refractivity contribution in [2.24, 2.45) is 11.7 Å². The summed E-state index contributed by atoms with van der Waals surface area (Å²) in [5, 5.41) is 9.35. The molecule has 0 aromatic heterocycles. The molecule has 2 atom stereocenters. The van der Waals surface area contributed by atoms with Crippen molar-refractivity contribution < 1.29 is 4.74 Å². The van der Waals surface area contributed by atoms with Gasteiger partial charge in [-0.3, -0.25) is 0 Å². The van der Waals surface area contributed by atoms with Crippen LogP contribution in [0.1, 0.15) is 45.1 Å². The van der Waals surface area contributed by atoms with Gasteiger partial charge in [0.1, 0.15) is 0 Å². The molecular formula is C17H26N2O. The Balaban J connectivity index is 2.51. The second-order valence-corrected chi connectivity index (χ2v) is 5.38. The third-order valence-corrected chi connectivity index (χ3v) is 3.71. The molecule has 1 rings (SSSR count). The molecule has 20 heavy (non-hydrogen) atoms. The Morgan fingerprint density at radius 3 is 2.55 bits per heavy atom. The highest BCUT2D eigenvalue weighted by Gasteiger charge is 2.27. The molecule has 3 heteroatoms. The Bertz CT molecular complexity index is 413. The van der Waals surface area contributed by atoms with Gasteiger partial charge in [-0.25, -0.2) is 0 Å². The number of unbranched alkanes of at least 4 members (excludes halogenated alkanes) is 1. The Kier molecular flexibility index (Phi) is 7.28. The van der Waals surface area contributed by atoms with Crippen LogP contribution < -0.4 is 5.73 Å². The maximum absolute atomic E-state index is 9.35. The third-order valence-electron chi connectivity index (χ3n) is 3.71. The lowest BCUT2D eigenvalue weighted by Gasteiger charge is -2.23. The zero-order valence-electron chi connectivity index (χ0n) is 12.6. The van der Waals surface area contributed by atoms with Gasteiger partial charge in [-0.05, 0) is 17.9 Å². The van der Waals surface area contributed by atoms with Gasteiger partial charge < -0.3 is 10.5 Å². The van der Waals surface area contributed by atoms with Crippen LogP contribution in [0.4, 0.5) is 0 Å². The molecule has 0 aliphatic heterocycles. The number of rotatable bonds is 9. The molecule has 0 bridgehead atoms. The molecule has 2 N–H and O–H groups in total. The Morgan fingerprint density at radius 1 is 1.30 bits per heavy atom. The summed E-state index contributed by atoms with van der Waals surface area (Å²) in [6, 6.07) is 11.6. The molecule has 2 unspecified atom stereocenters. The molecule has 110 valence electrons. The van der Waals surface area contributed by atoms with Crippen LogP contribution in [0.3, 0.4) is 0 Å². The van der Waals surface area contributed by atoms with Crippen LogP contribution >= 0.6 is 0 Å². The Labute approximate surface area is 122 Å². The molecule has 0 saturated carbocycles. The van der Waals surface area contributed by atoms with Crippen molar-refractivity contribution in [3.05, 3.63) is 35.9 Å². The van der Waals surface area contributed by atoms with E-state index in [1.807, 2.05) is 30.3 Å². The first-order valence-corrected chi connectivity index (χ1v) is 7.49. The smallest absolute Gasteiger partial charge is 0.153 e. The van der Waals surface area contributed by atoms with Crippen molar-refractivity contribution in [1.29, 1.82) is 5.26 Å². The fourth-order valence-electron chi connectivity index (χ4n) is 2.20. The SMILES string of the molecule is CCCCC(CC)COCC(N)(C#N)c1ccccc1. The minimum Gasteiger partial charge on any atom is -0.378 e. The van der Waals surface area contributed by atoms with E-state index in [9.17, 15) is 5.26 Å². The number of hydrogen-bond donors (Lipinski definition) is 1. The highest BCUT2D eigenvalue weighted by atomic mass is 16.5. The van der Waals surface area contributed by atoms with E-state index in [0.29, 0.717) is 12.5 Å². The maximum atomic E-state index is 9.35. The zero-order valence-corrected chi connectivity index (χ0v) is 12.6. The maximum Gasteiger partial charge on any atom is 0.153 e. The number of ether oxygens (including phenoxy) is 1. The Hall–Kier alpha value is -1.37. The van der Waals surface area contributed by atoms with E-state index in [1.165, 1.54) is 19.3 Å². The minimum atomic E-state index is -1.05. The van der Waals surface area contributed by atoms with Crippen molar-refractivity contribution >= 4 is 0 Å². The number of hydrogen-bond acceptors (Lipinski definition) is 3. The molecule has 0 spiro atoms. The van der Waals surface area contributed by atoms with E-state index in [1.54, 1.807) is 0 Å². The number of nitrogens with zero attached hydrogens (tertiary/aromatic N) is 1. The molecule has 1 aromatic rings. The van der Waals surface area contributed by atoms with Crippen LogP contribution in [0.2, 0.25) is 0 Å². The summed E-state index contributed by atoms with van der Waals surface area (Å²) in [6.07, 6.45) is 4.73. The number of nitriles is 1. The summed E-state index contributed by atoms with van der Waals surface area (Å²) in [7, 11) is 0.